The largest absolute Gasteiger partial charge is 0.339 e. The topological polar surface area (TPSA) is 66.9 Å². The Balaban J connectivity index is 1.79. The molecule has 0 saturated heterocycles. The van der Waals surface area contributed by atoms with Gasteiger partial charge in [-0.3, -0.25) is 4.79 Å². The Morgan fingerprint density at radius 3 is 2.43 bits per heavy atom. The van der Waals surface area contributed by atoms with Gasteiger partial charge in [0.2, 0.25) is 5.95 Å². The summed E-state index contributed by atoms with van der Waals surface area (Å²) in [7, 11) is 0. The van der Waals surface area contributed by atoms with Crippen molar-refractivity contribution in [2.24, 2.45) is 5.41 Å². The first-order valence-electron chi connectivity index (χ1n) is 10.0. The molecule has 1 aliphatic carbocycles. The number of ketones is 1. The Bertz CT molecular complexity index is 1120. The van der Waals surface area contributed by atoms with Crippen molar-refractivity contribution >= 4 is 40.5 Å². The van der Waals surface area contributed by atoms with Crippen LogP contribution in [0.5, 0.6) is 0 Å². The van der Waals surface area contributed by atoms with E-state index < -0.39 is 0 Å². The maximum absolute atomic E-state index is 13.0. The van der Waals surface area contributed by atoms with Crippen LogP contribution < -0.4 is 10.6 Å². The van der Waals surface area contributed by atoms with E-state index in [4.69, 9.17) is 16.6 Å². The molecule has 0 amide bonds. The summed E-state index contributed by atoms with van der Waals surface area (Å²) in [5, 5.41) is 7.27. The Kier molecular flexibility index (Phi) is 5.24. The molecule has 0 aliphatic heterocycles. The summed E-state index contributed by atoms with van der Waals surface area (Å²) in [6, 6.07) is 13.7. The SMILES string of the molecule is Cc1ccc(Nc2nc3c(c(Nc4cccc(Cl)c4C)n2)C(=O)CC(C)(C)C3)cc1. The van der Waals surface area contributed by atoms with Gasteiger partial charge in [0.15, 0.2) is 5.78 Å². The second-order valence-electron chi connectivity index (χ2n) is 8.69. The van der Waals surface area contributed by atoms with Gasteiger partial charge in [-0.1, -0.05) is 49.2 Å². The lowest BCUT2D eigenvalue weighted by molar-refractivity contribution is 0.0911. The zero-order chi connectivity index (χ0) is 21.5. The van der Waals surface area contributed by atoms with Crippen LogP contribution in [0.25, 0.3) is 0 Å². The maximum atomic E-state index is 13.0. The molecule has 154 valence electrons. The van der Waals surface area contributed by atoms with E-state index in [0.29, 0.717) is 35.2 Å². The summed E-state index contributed by atoms with van der Waals surface area (Å²) in [6.45, 7) is 8.17. The minimum atomic E-state index is -0.136. The molecule has 6 heteroatoms. The second-order valence-corrected chi connectivity index (χ2v) is 9.09. The highest BCUT2D eigenvalue weighted by Gasteiger charge is 2.35. The van der Waals surface area contributed by atoms with E-state index in [1.807, 2.05) is 56.3 Å². The van der Waals surface area contributed by atoms with E-state index in [1.165, 1.54) is 5.56 Å². The van der Waals surface area contributed by atoms with Crippen molar-refractivity contribution in [2.45, 2.75) is 40.5 Å². The van der Waals surface area contributed by atoms with Gasteiger partial charge in [0.1, 0.15) is 5.82 Å². The van der Waals surface area contributed by atoms with Crippen LogP contribution in [0.3, 0.4) is 0 Å². The number of benzene rings is 2. The number of aryl methyl sites for hydroxylation is 1. The Hall–Kier alpha value is -2.92. The zero-order valence-electron chi connectivity index (χ0n) is 17.6. The summed E-state index contributed by atoms with van der Waals surface area (Å²) in [6.07, 6.45) is 1.18. The number of nitrogens with zero attached hydrogens (tertiary/aromatic N) is 2. The molecular formula is C24H25ClN4O. The van der Waals surface area contributed by atoms with E-state index in [-0.39, 0.29) is 11.2 Å². The summed E-state index contributed by atoms with van der Waals surface area (Å²) < 4.78 is 0. The standard InChI is InChI=1S/C24H25ClN4O/c1-14-8-10-16(11-9-14)26-23-28-19-12-24(3,4)13-20(30)21(19)22(29-23)27-18-7-5-6-17(25)15(18)2/h5-11H,12-13H2,1-4H3,(H2,26,27,28,29). The second kappa shape index (κ2) is 7.73. The van der Waals surface area contributed by atoms with Crippen molar-refractivity contribution in [1.29, 1.82) is 0 Å². The van der Waals surface area contributed by atoms with Gasteiger partial charge in [0.25, 0.3) is 0 Å². The minimum Gasteiger partial charge on any atom is -0.339 e. The Labute approximate surface area is 181 Å². The van der Waals surface area contributed by atoms with Crippen LogP contribution in [0.2, 0.25) is 5.02 Å². The number of halogens is 1. The fourth-order valence-electron chi connectivity index (χ4n) is 3.75. The molecule has 1 aliphatic rings. The Morgan fingerprint density at radius 1 is 0.967 bits per heavy atom. The number of Topliss-reactive ketones (excluding diaryl/α,β-unsaturated/α-hetero) is 1. The predicted molar refractivity (Wildman–Crippen MR) is 122 cm³/mol. The van der Waals surface area contributed by atoms with Gasteiger partial charge in [0, 0.05) is 22.8 Å². The third-order valence-electron chi connectivity index (χ3n) is 5.38. The lowest BCUT2D eigenvalue weighted by Gasteiger charge is -2.30. The number of fused-ring (bicyclic) bond motifs is 1. The molecule has 4 rings (SSSR count). The molecule has 0 radical (unpaired) electrons. The molecule has 3 aromatic rings. The summed E-state index contributed by atoms with van der Waals surface area (Å²) >= 11 is 6.29. The van der Waals surface area contributed by atoms with Gasteiger partial charge in [-0.2, -0.15) is 4.98 Å². The molecule has 0 bridgehead atoms. The van der Waals surface area contributed by atoms with E-state index in [1.54, 1.807) is 0 Å². The summed E-state index contributed by atoms with van der Waals surface area (Å²) in [4.78, 5) is 22.4. The van der Waals surface area contributed by atoms with Gasteiger partial charge < -0.3 is 10.6 Å². The van der Waals surface area contributed by atoms with Crippen LogP contribution in [-0.4, -0.2) is 15.8 Å². The summed E-state index contributed by atoms with van der Waals surface area (Å²) in [5.41, 5.74) is 5.00. The van der Waals surface area contributed by atoms with Crippen molar-refractivity contribution in [3.05, 3.63) is 69.9 Å². The minimum absolute atomic E-state index is 0.0605. The van der Waals surface area contributed by atoms with E-state index in [2.05, 4.69) is 29.5 Å². The number of hydrogen-bond donors (Lipinski definition) is 2. The first-order valence-corrected chi connectivity index (χ1v) is 10.4. The van der Waals surface area contributed by atoms with Crippen LogP contribution in [0.15, 0.2) is 42.5 Å². The van der Waals surface area contributed by atoms with Crippen LogP contribution in [0, 0.1) is 19.3 Å². The molecular weight excluding hydrogens is 396 g/mol. The number of anilines is 4. The number of hydrogen-bond acceptors (Lipinski definition) is 5. The van der Waals surface area contributed by atoms with Crippen molar-refractivity contribution < 1.29 is 4.79 Å². The molecule has 0 unspecified atom stereocenters. The number of rotatable bonds is 4. The zero-order valence-corrected chi connectivity index (χ0v) is 18.4. The first-order chi connectivity index (χ1) is 14.2. The molecule has 0 spiro atoms. The van der Waals surface area contributed by atoms with E-state index in [9.17, 15) is 4.79 Å². The molecule has 2 aromatic carbocycles. The number of carbonyl (C=O) groups is 1. The van der Waals surface area contributed by atoms with Crippen LogP contribution in [0.1, 0.15) is 47.4 Å². The van der Waals surface area contributed by atoms with Gasteiger partial charge in [0.05, 0.1) is 11.3 Å². The third kappa shape index (κ3) is 4.17. The highest BCUT2D eigenvalue weighted by Crippen LogP contribution is 2.38. The molecule has 30 heavy (non-hydrogen) atoms. The highest BCUT2D eigenvalue weighted by atomic mass is 35.5. The lowest BCUT2D eigenvalue weighted by atomic mass is 9.75. The molecule has 1 aromatic heterocycles. The smallest absolute Gasteiger partial charge is 0.229 e. The fraction of sp³-hybridized carbons (Fsp3) is 0.292. The van der Waals surface area contributed by atoms with Gasteiger partial charge >= 0.3 is 0 Å². The molecule has 2 N–H and O–H groups in total. The van der Waals surface area contributed by atoms with Gasteiger partial charge in [-0.15, -0.1) is 0 Å². The van der Waals surface area contributed by atoms with Crippen molar-refractivity contribution in [1.82, 2.24) is 9.97 Å². The molecule has 5 nitrogen and oxygen atoms in total. The first kappa shape index (κ1) is 20.4. The number of nitrogens with one attached hydrogen (secondary N) is 2. The van der Waals surface area contributed by atoms with Crippen molar-refractivity contribution in [3.8, 4) is 0 Å². The average Bonchev–Trinajstić information content (AvgIpc) is 2.66. The van der Waals surface area contributed by atoms with Crippen molar-refractivity contribution in [2.75, 3.05) is 10.6 Å². The van der Waals surface area contributed by atoms with Gasteiger partial charge in [-0.25, -0.2) is 4.98 Å². The fourth-order valence-corrected chi connectivity index (χ4v) is 3.92. The lowest BCUT2D eigenvalue weighted by Crippen LogP contribution is -2.29. The van der Waals surface area contributed by atoms with E-state index >= 15 is 0 Å². The van der Waals surface area contributed by atoms with Crippen LogP contribution in [0.4, 0.5) is 23.1 Å². The van der Waals surface area contributed by atoms with Crippen LogP contribution >= 0.6 is 11.6 Å². The Morgan fingerprint density at radius 2 is 1.70 bits per heavy atom. The van der Waals surface area contributed by atoms with Crippen molar-refractivity contribution in [3.63, 3.8) is 0 Å². The quantitative estimate of drug-likeness (QED) is 0.511. The molecule has 1 heterocycles. The summed E-state index contributed by atoms with van der Waals surface area (Å²) in [5.74, 6) is 1.04. The molecule has 0 saturated carbocycles. The average molecular weight is 421 g/mol. The predicted octanol–water partition coefficient (Wildman–Crippen LogP) is 6.39. The highest BCUT2D eigenvalue weighted by molar-refractivity contribution is 6.31. The third-order valence-corrected chi connectivity index (χ3v) is 5.79. The normalized spacial score (nSPS) is 14.9. The monoisotopic (exact) mass is 420 g/mol. The molecule has 0 atom stereocenters. The number of carbonyl (C=O) groups excluding carboxylic acids is 1. The number of aromatic nitrogens is 2. The molecule has 0 fully saturated rings. The van der Waals surface area contributed by atoms with Gasteiger partial charge in [-0.05, 0) is 55.5 Å². The maximum Gasteiger partial charge on any atom is 0.229 e. The van der Waals surface area contributed by atoms with E-state index in [0.717, 1.165) is 22.6 Å². The van der Waals surface area contributed by atoms with Crippen LogP contribution in [-0.2, 0) is 6.42 Å².